The van der Waals surface area contributed by atoms with Crippen LogP contribution in [0.1, 0.15) is 30.1 Å². The normalized spacial score (nSPS) is 15.1. The maximum atomic E-state index is 12.3. The Morgan fingerprint density at radius 1 is 1.26 bits per heavy atom. The monoisotopic (exact) mass is 417 g/mol. The standard InChI is InChI=1S/C23H27N7O/c1-14-5-4-6-16-13-17(26-18(14)16)19-20-21(24)25-9-12-30(20)22(27-19)15-7-10-29(11-8-15)23(31)28(2)3/h4-6,9,12-13,15,26H,7-8,10-11H2,1-3H3,(H2,24,25). The average Bonchev–Trinajstić information content (AvgIpc) is 3.37. The van der Waals surface area contributed by atoms with Crippen molar-refractivity contribution < 1.29 is 4.79 Å². The lowest BCUT2D eigenvalue weighted by molar-refractivity contribution is 0.155. The summed E-state index contributed by atoms with van der Waals surface area (Å²) < 4.78 is 2.07. The number of aromatic amines is 1. The molecule has 0 unspecified atom stereocenters. The van der Waals surface area contributed by atoms with E-state index in [4.69, 9.17) is 10.7 Å². The minimum absolute atomic E-state index is 0.0639. The summed E-state index contributed by atoms with van der Waals surface area (Å²) in [6.07, 6.45) is 5.39. The van der Waals surface area contributed by atoms with Crippen molar-refractivity contribution in [2.45, 2.75) is 25.7 Å². The Morgan fingerprint density at radius 2 is 2.03 bits per heavy atom. The maximum absolute atomic E-state index is 12.3. The highest BCUT2D eigenvalue weighted by Gasteiger charge is 2.29. The smallest absolute Gasteiger partial charge is 0.319 e. The molecule has 1 aliphatic heterocycles. The molecule has 0 atom stereocenters. The van der Waals surface area contributed by atoms with Gasteiger partial charge in [0.25, 0.3) is 0 Å². The van der Waals surface area contributed by atoms with Gasteiger partial charge in [0.15, 0.2) is 0 Å². The van der Waals surface area contributed by atoms with Crippen LogP contribution in [0.2, 0.25) is 0 Å². The van der Waals surface area contributed by atoms with Crippen molar-refractivity contribution >= 4 is 28.3 Å². The van der Waals surface area contributed by atoms with Gasteiger partial charge in [-0.2, -0.15) is 0 Å². The highest BCUT2D eigenvalue weighted by Crippen LogP contribution is 2.35. The number of rotatable bonds is 2. The van der Waals surface area contributed by atoms with Crippen LogP contribution < -0.4 is 5.73 Å². The summed E-state index contributed by atoms with van der Waals surface area (Å²) in [7, 11) is 3.58. The van der Waals surface area contributed by atoms with Crippen LogP contribution in [-0.2, 0) is 0 Å². The number of imidazole rings is 1. The lowest BCUT2D eigenvalue weighted by atomic mass is 9.96. The molecule has 4 heterocycles. The van der Waals surface area contributed by atoms with Gasteiger partial charge in [0.05, 0.1) is 5.69 Å². The van der Waals surface area contributed by atoms with Gasteiger partial charge in [-0.25, -0.2) is 14.8 Å². The second-order valence-electron chi connectivity index (χ2n) is 8.51. The number of benzene rings is 1. The summed E-state index contributed by atoms with van der Waals surface area (Å²) >= 11 is 0. The van der Waals surface area contributed by atoms with E-state index in [0.29, 0.717) is 5.82 Å². The van der Waals surface area contributed by atoms with Gasteiger partial charge in [-0.3, -0.25) is 4.40 Å². The van der Waals surface area contributed by atoms with Crippen molar-refractivity contribution in [3.05, 3.63) is 48.0 Å². The summed E-state index contributed by atoms with van der Waals surface area (Å²) in [5.74, 6) is 1.69. The van der Waals surface area contributed by atoms with E-state index in [1.807, 2.05) is 11.1 Å². The van der Waals surface area contributed by atoms with E-state index in [1.165, 1.54) is 5.56 Å². The summed E-state index contributed by atoms with van der Waals surface area (Å²) in [6.45, 7) is 3.54. The van der Waals surface area contributed by atoms with E-state index < -0.39 is 0 Å². The number of aryl methyl sites for hydroxylation is 1. The van der Waals surface area contributed by atoms with Crippen LogP contribution in [0.25, 0.3) is 27.8 Å². The minimum atomic E-state index is 0.0639. The summed E-state index contributed by atoms with van der Waals surface area (Å²) in [6, 6.07) is 8.44. The number of urea groups is 1. The van der Waals surface area contributed by atoms with Crippen molar-refractivity contribution in [1.82, 2.24) is 29.2 Å². The number of nitrogens with one attached hydrogen (secondary N) is 1. The number of hydrogen-bond acceptors (Lipinski definition) is 4. The lowest BCUT2D eigenvalue weighted by Gasteiger charge is -2.33. The topological polar surface area (TPSA) is 95.6 Å². The summed E-state index contributed by atoms with van der Waals surface area (Å²) in [5.41, 5.74) is 11.2. The predicted octanol–water partition coefficient (Wildman–Crippen LogP) is 3.63. The Bertz CT molecular complexity index is 1280. The second-order valence-corrected chi connectivity index (χ2v) is 8.51. The molecule has 0 aliphatic carbocycles. The molecule has 8 nitrogen and oxygen atoms in total. The van der Waals surface area contributed by atoms with Crippen LogP contribution in [0.5, 0.6) is 0 Å². The van der Waals surface area contributed by atoms with E-state index in [0.717, 1.165) is 59.6 Å². The van der Waals surface area contributed by atoms with Crippen LogP contribution in [0.4, 0.5) is 10.6 Å². The van der Waals surface area contributed by atoms with Crippen LogP contribution in [-0.4, -0.2) is 62.4 Å². The Morgan fingerprint density at radius 3 is 2.74 bits per heavy atom. The number of hydrogen-bond donors (Lipinski definition) is 2. The number of H-pyrrole nitrogens is 1. The molecule has 3 aromatic heterocycles. The SMILES string of the molecule is Cc1cccc2cc(-c3nc(C4CCN(C(=O)N(C)C)CC4)n4ccnc(N)c34)[nH]c12. The third-order valence-electron chi connectivity index (χ3n) is 6.24. The zero-order valence-corrected chi connectivity index (χ0v) is 18.1. The molecule has 160 valence electrons. The number of likely N-dealkylation sites (tertiary alicyclic amines) is 1. The molecular formula is C23H27N7O. The molecule has 1 saturated heterocycles. The number of piperidine rings is 1. The molecule has 2 amide bonds. The Hall–Kier alpha value is -3.55. The van der Waals surface area contributed by atoms with E-state index in [1.54, 1.807) is 25.2 Å². The number of carbonyl (C=O) groups excluding carboxylic acids is 1. The first-order chi connectivity index (χ1) is 14.9. The third-order valence-corrected chi connectivity index (χ3v) is 6.24. The van der Waals surface area contributed by atoms with Gasteiger partial charge in [-0.05, 0) is 31.4 Å². The zero-order chi connectivity index (χ0) is 21.7. The van der Waals surface area contributed by atoms with Crippen molar-refractivity contribution in [3.8, 4) is 11.4 Å². The molecule has 0 spiro atoms. The van der Waals surface area contributed by atoms with Gasteiger partial charge in [0.2, 0.25) is 0 Å². The quantitative estimate of drug-likeness (QED) is 0.521. The van der Waals surface area contributed by atoms with Gasteiger partial charge < -0.3 is 20.5 Å². The second kappa shape index (κ2) is 7.30. The molecule has 8 heteroatoms. The summed E-state index contributed by atoms with van der Waals surface area (Å²) in [4.78, 5) is 28.8. The molecule has 1 aromatic carbocycles. The molecule has 31 heavy (non-hydrogen) atoms. The number of para-hydroxylation sites is 1. The van der Waals surface area contributed by atoms with Crippen molar-refractivity contribution in [1.29, 1.82) is 0 Å². The van der Waals surface area contributed by atoms with Gasteiger partial charge >= 0.3 is 6.03 Å². The number of carbonyl (C=O) groups is 1. The van der Waals surface area contributed by atoms with Crippen LogP contribution in [0.15, 0.2) is 36.7 Å². The van der Waals surface area contributed by atoms with E-state index in [9.17, 15) is 4.79 Å². The first-order valence-corrected chi connectivity index (χ1v) is 10.6. The molecule has 1 aliphatic rings. The number of nitrogens with zero attached hydrogens (tertiary/aromatic N) is 5. The van der Waals surface area contributed by atoms with Crippen molar-refractivity contribution in [2.24, 2.45) is 0 Å². The number of aromatic nitrogens is 4. The Balaban J connectivity index is 1.56. The van der Waals surface area contributed by atoms with Crippen LogP contribution in [0.3, 0.4) is 0 Å². The summed E-state index contributed by atoms with van der Waals surface area (Å²) in [5, 5.41) is 1.15. The Labute approximate surface area is 180 Å². The van der Waals surface area contributed by atoms with Crippen LogP contribution >= 0.6 is 0 Å². The number of nitrogens with two attached hydrogens (primary N) is 1. The molecule has 0 radical (unpaired) electrons. The van der Waals surface area contributed by atoms with Gasteiger partial charge in [0, 0.05) is 56.4 Å². The lowest BCUT2D eigenvalue weighted by Crippen LogP contribution is -2.43. The van der Waals surface area contributed by atoms with Crippen LogP contribution in [0, 0.1) is 6.92 Å². The molecular weight excluding hydrogens is 390 g/mol. The predicted molar refractivity (Wildman–Crippen MR) is 122 cm³/mol. The van der Waals surface area contributed by atoms with Gasteiger partial charge in [0.1, 0.15) is 22.9 Å². The highest BCUT2D eigenvalue weighted by atomic mass is 16.2. The van der Waals surface area contributed by atoms with E-state index in [-0.39, 0.29) is 11.9 Å². The van der Waals surface area contributed by atoms with Crippen molar-refractivity contribution in [3.63, 3.8) is 0 Å². The third kappa shape index (κ3) is 3.19. The van der Waals surface area contributed by atoms with E-state index >= 15 is 0 Å². The van der Waals surface area contributed by atoms with Gasteiger partial charge in [-0.1, -0.05) is 18.2 Å². The molecule has 0 bridgehead atoms. The first kappa shape index (κ1) is 19.4. The largest absolute Gasteiger partial charge is 0.382 e. The molecule has 1 fully saturated rings. The number of anilines is 1. The van der Waals surface area contributed by atoms with E-state index in [2.05, 4.69) is 45.6 Å². The number of fused-ring (bicyclic) bond motifs is 2. The molecule has 3 N–H and O–H groups in total. The molecule has 5 rings (SSSR count). The molecule has 0 saturated carbocycles. The molecule has 4 aromatic rings. The van der Waals surface area contributed by atoms with Gasteiger partial charge in [-0.15, -0.1) is 0 Å². The first-order valence-electron chi connectivity index (χ1n) is 10.6. The fraction of sp³-hybridized carbons (Fsp3) is 0.348. The van der Waals surface area contributed by atoms with Crippen molar-refractivity contribution in [2.75, 3.05) is 32.9 Å². The number of nitrogen functional groups attached to an aromatic ring is 1. The maximum Gasteiger partial charge on any atom is 0.319 e. The number of amides is 2. The highest BCUT2D eigenvalue weighted by molar-refractivity contribution is 5.92. The fourth-order valence-corrected chi connectivity index (χ4v) is 4.61. The zero-order valence-electron chi connectivity index (χ0n) is 18.1. The minimum Gasteiger partial charge on any atom is -0.382 e. The average molecular weight is 418 g/mol. The fourth-order valence-electron chi connectivity index (χ4n) is 4.61. The Kier molecular flexibility index (Phi) is 4.57.